The minimum atomic E-state index is 0.0709. The van der Waals surface area contributed by atoms with Crippen molar-refractivity contribution in [1.29, 1.82) is 0 Å². The van der Waals surface area contributed by atoms with Gasteiger partial charge in [0.1, 0.15) is 0 Å². The maximum atomic E-state index is 12.6. The van der Waals surface area contributed by atoms with Crippen LogP contribution in [-0.2, 0) is 4.79 Å². The summed E-state index contributed by atoms with van der Waals surface area (Å²) >= 11 is 0. The molecular formula is C28H31N3O. The topological polar surface area (TPSA) is 35.6 Å². The van der Waals surface area contributed by atoms with Gasteiger partial charge in [-0.1, -0.05) is 91.0 Å². The molecule has 0 radical (unpaired) electrons. The smallest absolute Gasteiger partial charge is 0.225 e. The third kappa shape index (κ3) is 6.39. The summed E-state index contributed by atoms with van der Waals surface area (Å²) in [6.07, 6.45) is 4.93. The second-order valence-electron chi connectivity index (χ2n) is 8.17. The molecule has 1 heterocycles. The summed E-state index contributed by atoms with van der Waals surface area (Å²) in [5.74, 6) is 0.0709. The van der Waals surface area contributed by atoms with E-state index in [1.165, 1.54) is 5.56 Å². The summed E-state index contributed by atoms with van der Waals surface area (Å²) in [4.78, 5) is 17.5. The number of anilines is 1. The minimum Gasteiger partial charge on any atom is -0.325 e. The summed E-state index contributed by atoms with van der Waals surface area (Å²) in [5.41, 5.74) is 4.28. The molecule has 0 atom stereocenters. The van der Waals surface area contributed by atoms with E-state index in [1.807, 2.05) is 42.5 Å². The number of nitrogens with one attached hydrogen (secondary N) is 1. The van der Waals surface area contributed by atoms with Crippen LogP contribution in [0.15, 0.2) is 91.0 Å². The fraction of sp³-hybridized carbons (Fsp3) is 0.250. The molecule has 1 N–H and O–H groups in total. The Hall–Kier alpha value is -3.21. The van der Waals surface area contributed by atoms with Gasteiger partial charge in [0.2, 0.25) is 5.91 Å². The Balaban J connectivity index is 1.20. The Labute approximate surface area is 191 Å². The van der Waals surface area contributed by atoms with Gasteiger partial charge < -0.3 is 10.2 Å². The van der Waals surface area contributed by atoms with Crippen LogP contribution in [0.5, 0.6) is 0 Å². The fourth-order valence-corrected chi connectivity index (χ4v) is 4.03. The molecular weight excluding hydrogens is 394 g/mol. The molecule has 0 spiro atoms. The molecule has 4 nitrogen and oxygen atoms in total. The monoisotopic (exact) mass is 425 g/mol. The van der Waals surface area contributed by atoms with Crippen molar-refractivity contribution in [3.8, 4) is 11.1 Å². The highest BCUT2D eigenvalue weighted by Crippen LogP contribution is 2.27. The summed E-state index contributed by atoms with van der Waals surface area (Å²) < 4.78 is 0. The lowest BCUT2D eigenvalue weighted by molar-refractivity contribution is -0.116. The molecule has 1 aliphatic rings. The number of carbonyl (C=O) groups excluding carboxylic acids is 1. The number of piperazine rings is 1. The number of rotatable bonds is 8. The molecule has 3 aromatic rings. The van der Waals surface area contributed by atoms with E-state index < -0.39 is 0 Å². The Bertz CT molecular complexity index is 1010. The van der Waals surface area contributed by atoms with Gasteiger partial charge in [-0.25, -0.2) is 0 Å². The molecule has 0 aromatic heterocycles. The Morgan fingerprint density at radius 2 is 1.41 bits per heavy atom. The predicted molar refractivity (Wildman–Crippen MR) is 133 cm³/mol. The first-order valence-electron chi connectivity index (χ1n) is 11.4. The largest absolute Gasteiger partial charge is 0.325 e. The first-order chi connectivity index (χ1) is 15.8. The second-order valence-corrected chi connectivity index (χ2v) is 8.17. The van der Waals surface area contributed by atoms with Crippen molar-refractivity contribution in [2.45, 2.75) is 6.42 Å². The highest BCUT2D eigenvalue weighted by Gasteiger charge is 2.17. The molecule has 1 aliphatic heterocycles. The first kappa shape index (κ1) is 22.0. The Morgan fingerprint density at radius 1 is 0.781 bits per heavy atom. The number of carbonyl (C=O) groups is 1. The van der Waals surface area contributed by atoms with Gasteiger partial charge >= 0.3 is 0 Å². The Morgan fingerprint density at radius 3 is 2.16 bits per heavy atom. The third-order valence-corrected chi connectivity index (χ3v) is 5.88. The van der Waals surface area contributed by atoms with Crippen LogP contribution in [0.25, 0.3) is 17.2 Å². The number of para-hydroxylation sites is 1. The van der Waals surface area contributed by atoms with Crippen LogP contribution < -0.4 is 5.32 Å². The average Bonchev–Trinajstić information content (AvgIpc) is 2.85. The van der Waals surface area contributed by atoms with Crippen molar-refractivity contribution in [3.63, 3.8) is 0 Å². The predicted octanol–water partition coefficient (Wildman–Crippen LogP) is 5.01. The van der Waals surface area contributed by atoms with Crippen molar-refractivity contribution in [3.05, 3.63) is 96.6 Å². The summed E-state index contributed by atoms with van der Waals surface area (Å²) in [5, 5.41) is 3.12. The van der Waals surface area contributed by atoms with E-state index >= 15 is 0 Å². The Kier molecular flexibility index (Phi) is 7.85. The molecule has 0 saturated carbocycles. The fourth-order valence-electron chi connectivity index (χ4n) is 4.03. The van der Waals surface area contributed by atoms with Crippen LogP contribution >= 0.6 is 0 Å². The minimum absolute atomic E-state index is 0.0709. The highest BCUT2D eigenvalue weighted by atomic mass is 16.1. The number of amides is 1. The SMILES string of the molecule is O=C(CCN1CCN(C/C=C/c2ccccc2)CC1)Nc1ccccc1-c1ccccc1. The molecule has 164 valence electrons. The van der Waals surface area contributed by atoms with Gasteiger partial charge in [-0.3, -0.25) is 9.69 Å². The van der Waals surface area contributed by atoms with E-state index in [0.29, 0.717) is 6.42 Å². The van der Waals surface area contributed by atoms with Gasteiger partial charge in [-0.2, -0.15) is 0 Å². The quantitative estimate of drug-likeness (QED) is 0.551. The van der Waals surface area contributed by atoms with Crippen molar-refractivity contribution in [1.82, 2.24) is 9.80 Å². The summed E-state index contributed by atoms with van der Waals surface area (Å²) in [6, 6.07) is 28.6. The number of hydrogen-bond donors (Lipinski definition) is 1. The second kappa shape index (κ2) is 11.4. The molecule has 0 bridgehead atoms. The standard InChI is InChI=1S/C28H31N3O/c32-28(29-27-16-8-7-15-26(27)25-13-5-2-6-14-25)17-19-31-22-20-30(21-23-31)18-9-12-24-10-3-1-4-11-24/h1-16H,17-23H2,(H,29,32)/b12-9+. The van der Waals surface area contributed by atoms with Crippen molar-refractivity contribution in [2.24, 2.45) is 0 Å². The molecule has 1 saturated heterocycles. The zero-order chi connectivity index (χ0) is 22.0. The van der Waals surface area contributed by atoms with Gasteiger partial charge in [-0.05, 0) is 17.2 Å². The molecule has 4 rings (SSSR count). The lowest BCUT2D eigenvalue weighted by Crippen LogP contribution is -2.46. The number of hydrogen-bond acceptors (Lipinski definition) is 3. The third-order valence-electron chi connectivity index (χ3n) is 5.88. The van der Waals surface area contributed by atoms with E-state index in [1.54, 1.807) is 0 Å². The first-order valence-corrected chi connectivity index (χ1v) is 11.4. The van der Waals surface area contributed by atoms with Crippen LogP contribution in [-0.4, -0.2) is 55.0 Å². The van der Waals surface area contributed by atoms with E-state index in [-0.39, 0.29) is 5.91 Å². The van der Waals surface area contributed by atoms with Crippen molar-refractivity contribution < 1.29 is 4.79 Å². The maximum Gasteiger partial charge on any atom is 0.225 e. The molecule has 3 aromatic carbocycles. The van der Waals surface area contributed by atoms with Gasteiger partial charge in [0, 0.05) is 56.9 Å². The van der Waals surface area contributed by atoms with Crippen LogP contribution in [0.3, 0.4) is 0 Å². The van der Waals surface area contributed by atoms with E-state index in [0.717, 1.165) is 56.1 Å². The van der Waals surface area contributed by atoms with E-state index in [4.69, 9.17) is 0 Å². The van der Waals surface area contributed by atoms with Gasteiger partial charge in [0.15, 0.2) is 0 Å². The van der Waals surface area contributed by atoms with Crippen molar-refractivity contribution >= 4 is 17.7 Å². The van der Waals surface area contributed by atoms with Crippen LogP contribution in [0.1, 0.15) is 12.0 Å². The van der Waals surface area contributed by atoms with Gasteiger partial charge in [-0.15, -0.1) is 0 Å². The molecule has 0 aliphatic carbocycles. The normalized spacial score (nSPS) is 15.1. The van der Waals surface area contributed by atoms with Crippen LogP contribution in [0, 0.1) is 0 Å². The molecule has 0 unspecified atom stereocenters. The summed E-state index contributed by atoms with van der Waals surface area (Å²) in [7, 11) is 0. The van der Waals surface area contributed by atoms with Gasteiger partial charge in [0.25, 0.3) is 0 Å². The molecule has 4 heteroatoms. The lowest BCUT2D eigenvalue weighted by Gasteiger charge is -2.34. The van der Waals surface area contributed by atoms with Gasteiger partial charge in [0.05, 0.1) is 0 Å². The zero-order valence-electron chi connectivity index (χ0n) is 18.5. The van der Waals surface area contributed by atoms with E-state index in [2.05, 4.69) is 69.7 Å². The van der Waals surface area contributed by atoms with Crippen molar-refractivity contribution in [2.75, 3.05) is 44.6 Å². The van der Waals surface area contributed by atoms with Crippen LogP contribution in [0.2, 0.25) is 0 Å². The molecule has 1 amide bonds. The highest BCUT2D eigenvalue weighted by molar-refractivity contribution is 5.95. The summed E-state index contributed by atoms with van der Waals surface area (Å²) in [6.45, 7) is 5.86. The van der Waals surface area contributed by atoms with E-state index in [9.17, 15) is 4.79 Å². The molecule has 32 heavy (non-hydrogen) atoms. The zero-order valence-corrected chi connectivity index (χ0v) is 18.5. The molecule has 1 fully saturated rings. The lowest BCUT2D eigenvalue weighted by atomic mass is 10.0. The van der Waals surface area contributed by atoms with Crippen LogP contribution in [0.4, 0.5) is 5.69 Å². The average molecular weight is 426 g/mol. The number of benzene rings is 3. The maximum absolute atomic E-state index is 12.6. The number of nitrogens with zero attached hydrogens (tertiary/aromatic N) is 2.